The summed E-state index contributed by atoms with van der Waals surface area (Å²) in [5.41, 5.74) is 8.03. The third-order valence-electron chi connectivity index (χ3n) is 7.44. The van der Waals surface area contributed by atoms with Crippen LogP contribution in [0.15, 0.2) is 59.0 Å². The van der Waals surface area contributed by atoms with Gasteiger partial charge in [0.25, 0.3) is 0 Å². The molecule has 0 aliphatic rings. The smallest absolute Gasteiger partial charge is 0.313 e. The molecule has 1 aromatic heterocycles. The van der Waals surface area contributed by atoms with Crippen LogP contribution < -0.4 is 5.73 Å². The molecule has 2 unspecified atom stereocenters. The Labute approximate surface area is 222 Å². The fourth-order valence-electron chi connectivity index (χ4n) is 4.94. The van der Waals surface area contributed by atoms with Gasteiger partial charge in [0.15, 0.2) is 0 Å². The third-order valence-corrected chi connectivity index (χ3v) is 7.44. The standard InChI is InChI=1S/C32H45NO4/c1-30(2,3)22-32(6,31(4,5)33)29(35)36-21-24(20-34)13-11-10-12-23-16-17-26-19-28(37-27(26)18-23)25-14-8-7-9-15-25/h7-9,14-19,24,34H,10-13,20-22,33H2,1-6H3. The number of aliphatic hydroxyl groups excluding tert-OH is 1. The summed E-state index contributed by atoms with van der Waals surface area (Å²) >= 11 is 0. The SMILES string of the molecule is CC(C)(C)CC(C)(C(=O)OCC(CO)CCCCc1ccc2cc(-c3ccccc3)oc2c1)C(C)(C)N. The van der Waals surface area contributed by atoms with Crippen LogP contribution in [0.25, 0.3) is 22.3 Å². The minimum absolute atomic E-state index is 0.00407. The van der Waals surface area contributed by atoms with Crippen molar-refractivity contribution >= 4 is 16.9 Å². The fraction of sp³-hybridized carbons (Fsp3) is 0.531. The van der Waals surface area contributed by atoms with E-state index in [-0.39, 0.29) is 30.5 Å². The molecule has 0 fully saturated rings. The van der Waals surface area contributed by atoms with Crippen LogP contribution in [-0.2, 0) is 16.0 Å². The minimum atomic E-state index is -0.809. The van der Waals surface area contributed by atoms with Crippen molar-refractivity contribution in [3.05, 3.63) is 60.2 Å². The van der Waals surface area contributed by atoms with Gasteiger partial charge in [0.2, 0.25) is 0 Å². The normalized spacial score (nSPS) is 14.9. The lowest BCUT2D eigenvalue weighted by Crippen LogP contribution is -2.55. The number of rotatable bonds is 12. The average molecular weight is 508 g/mol. The molecule has 2 atom stereocenters. The topological polar surface area (TPSA) is 85.7 Å². The van der Waals surface area contributed by atoms with E-state index in [1.165, 1.54) is 5.56 Å². The number of esters is 1. The first kappa shape index (κ1) is 28.9. The molecule has 37 heavy (non-hydrogen) atoms. The van der Waals surface area contributed by atoms with Crippen LogP contribution in [0.4, 0.5) is 0 Å². The fourth-order valence-corrected chi connectivity index (χ4v) is 4.94. The van der Waals surface area contributed by atoms with E-state index >= 15 is 0 Å². The summed E-state index contributed by atoms with van der Waals surface area (Å²) in [7, 11) is 0. The largest absolute Gasteiger partial charge is 0.465 e. The summed E-state index contributed by atoms with van der Waals surface area (Å²) in [5, 5.41) is 11.0. The molecular weight excluding hydrogens is 462 g/mol. The number of benzene rings is 2. The predicted octanol–water partition coefficient (Wildman–Crippen LogP) is 7.14. The molecule has 3 N–H and O–H groups in total. The lowest BCUT2D eigenvalue weighted by molar-refractivity contribution is -0.163. The Bertz CT molecular complexity index is 1150. The molecule has 0 aliphatic carbocycles. The van der Waals surface area contributed by atoms with Crippen LogP contribution >= 0.6 is 0 Å². The number of ether oxygens (including phenoxy) is 1. The number of hydrogen-bond donors (Lipinski definition) is 2. The molecule has 202 valence electrons. The van der Waals surface area contributed by atoms with Crippen molar-refractivity contribution in [3.63, 3.8) is 0 Å². The molecule has 3 rings (SSSR count). The van der Waals surface area contributed by atoms with Crippen LogP contribution in [0.3, 0.4) is 0 Å². The van der Waals surface area contributed by atoms with Crippen molar-refractivity contribution in [2.24, 2.45) is 22.5 Å². The van der Waals surface area contributed by atoms with Gasteiger partial charge in [-0.15, -0.1) is 0 Å². The Hall–Kier alpha value is -2.63. The Balaban J connectivity index is 1.50. The van der Waals surface area contributed by atoms with Crippen LogP contribution in [0.2, 0.25) is 0 Å². The summed E-state index contributed by atoms with van der Waals surface area (Å²) in [6.07, 6.45) is 4.28. The van der Waals surface area contributed by atoms with E-state index in [4.69, 9.17) is 14.9 Å². The van der Waals surface area contributed by atoms with E-state index in [9.17, 15) is 9.90 Å². The van der Waals surface area contributed by atoms with Crippen molar-refractivity contribution in [1.82, 2.24) is 0 Å². The maximum atomic E-state index is 13.1. The van der Waals surface area contributed by atoms with E-state index in [1.807, 2.05) is 39.0 Å². The van der Waals surface area contributed by atoms with Gasteiger partial charge in [0, 0.05) is 29.0 Å². The number of fused-ring (bicyclic) bond motifs is 1. The van der Waals surface area contributed by atoms with Crippen LogP contribution in [-0.4, -0.2) is 29.8 Å². The molecule has 0 bridgehead atoms. The van der Waals surface area contributed by atoms with Crippen molar-refractivity contribution < 1.29 is 19.1 Å². The molecule has 0 saturated carbocycles. The summed E-state index contributed by atoms with van der Waals surface area (Å²) in [6, 6.07) is 18.6. The van der Waals surface area contributed by atoms with E-state index in [2.05, 4.69) is 57.2 Å². The van der Waals surface area contributed by atoms with E-state index in [0.29, 0.717) is 6.42 Å². The monoisotopic (exact) mass is 507 g/mol. The number of carbonyl (C=O) groups excluding carboxylic acids is 1. The number of carbonyl (C=O) groups is 1. The van der Waals surface area contributed by atoms with Crippen molar-refractivity contribution in [2.75, 3.05) is 13.2 Å². The molecule has 1 heterocycles. The maximum absolute atomic E-state index is 13.1. The molecule has 3 aromatic rings. The molecule has 0 saturated heterocycles. The Kier molecular flexibility index (Phi) is 9.25. The second-order valence-electron chi connectivity index (χ2n) is 12.5. The highest BCUT2D eigenvalue weighted by atomic mass is 16.5. The number of unbranched alkanes of at least 4 members (excludes halogenated alkanes) is 1. The molecular formula is C32H45NO4. The lowest BCUT2D eigenvalue weighted by atomic mass is 9.65. The zero-order valence-electron chi connectivity index (χ0n) is 23.5. The number of aryl methyl sites for hydroxylation is 1. The van der Waals surface area contributed by atoms with Crippen molar-refractivity contribution in [1.29, 1.82) is 0 Å². The van der Waals surface area contributed by atoms with Gasteiger partial charge in [-0.05, 0) is 69.6 Å². The van der Waals surface area contributed by atoms with Gasteiger partial charge in [-0.3, -0.25) is 4.79 Å². The summed E-state index contributed by atoms with van der Waals surface area (Å²) in [5.74, 6) is 0.518. The van der Waals surface area contributed by atoms with Gasteiger partial charge in [-0.2, -0.15) is 0 Å². The second kappa shape index (κ2) is 11.8. The highest BCUT2D eigenvalue weighted by Gasteiger charge is 2.48. The van der Waals surface area contributed by atoms with Crippen molar-refractivity contribution in [3.8, 4) is 11.3 Å². The molecule has 2 aromatic carbocycles. The second-order valence-corrected chi connectivity index (χ2v) is 12.5. The molecule has 0 amide bonds. The minimum Gasteiger partial charge on any atom is -0.465 e. The van der Waals surface area contributed by atoms with Gasteiger partial charge >= 0.3 is 5.97 Å². The summed E-state index contributed by atoms with van der Waals surface area (Å²) in [4.78, 5) is 13.1. The highest BCUT2D eigenvalue weighted by molar-refractivity contribution is 5.83. The van der Waals surface area contributed by atoms with Crippen LogP contribution in [0.1, 0.15) is 72.8 Å². The number of aliphatic hydroxyl groups is 1. The molecule has 0 radical (unpaired) electrons. The van der Waals surface area contributed by atoms with Crippen LogP contribution in [0.5, 0.6) is 0 Å². The number of furan rings is 1. The Morgan fingerprint density at radius 3 is 2.32 bits per heavy atom. The molecule has 0 spiro atoms. The van der Waals surface area contributed by atoms with E-state index < -0.39 is 11.0 Å². The van der Waals surface area contributed by atoms with Crippen LogP contribution in [0, 0.1) is 16.7 Å². The zero-order chi connectivity index (χ0) is 27.3. The van der Waals surface area contributed by atoms with E-state index in [1.54, 1.807) is 0 Å². The quantitative estimate of drug-likeness (QED) is 0.201. The predicted molar refractivity (Wildman–Crippen MR) is 151 cm³/mol. The Morgan fingerprint density at radius 2 is 1.70 bits per heavy atom. The molecule has 0 aliphatic heterocycles. The summed E-state index contributed by atoms with van der Waals surface area (Å²) in [6.45, 7) is 12.2. The Morgan fingerprint density at radius 1 is 1.00 bits per heavy atom. The number of nitrogens with two attached hydrogens (primary N) is 1. The first-order valence-electron chi connectivity index (χ1n) is 13.5. The van der Waals surface area contributed by atoms with Gasteiger partial charge in [-0.1, -0.05) is 69.7 Å². The van der Waals surface area contributed by atoms with Gasteiger partial charge in [0.05, 0.1) is 12.0 Å². The van der Waals surface area contributed by atoms with Gasteiger partial charge < -0.3 is 20.0 Å². The zero-order valence-corrected chi connectivity index (χ0v) is 23.5. The lowest BCUT2D eigenvalue weighted by Gasteiger charge is -2.43. The molecule has 5 heteroatoms. The summed E-state index contributed by atoms with van der Waals surface area (Å²) < 4.78 is 11.8. The molecule has 5 nitrogen and oxygen atoms in total. The third kappa shape index (κ3) is 7.68. The van der Waals surface area contributed by atoms with Gasteiger partial charge in [0.1, 0.15) is 11.3 Å². The van der Waals surface area contributed by atoms with Gasteiger partial charge in [-0.25, -0.2) is 0 Å². The average Bonchev–Trinajstić information content (AvgIpc) is 3.25. The maximum Gasteiger partial charge on any atom is 0.313 e. The van der Waals surface area contributed by atoms with E-state index in [0.717, 1.165) is 48.0 Å². The number of hydrogen-bond acceptors (Lipinski definition) is 5. The van der Waals surface area contributed by atoms with Crippen molar-refractivity contribution in [2.45, 2.75) is 79.2 Å². The first-order valence-corrected chi connectivity index (χ1v) is 13.5. The first-order chi connectivity index (χ1) is 17.3. The highest BCUT2D eigenvalue weighted by Crippen LogP contribution is 2.41.